The molecule has 0 saturated carbocycles. The maximum atomic E-state index is 12.8. The maximum Gasteiger partial charge on any atom is 0.387 e. The predicted molar refractivity (Wildman–Crippen MR) is 114 cm³/mol. The lowest BCUT2D eigenvalue weighted by Gasteiger charge is -2.30. The summed E-state index contributed by atoms with van der Waals surface area (Å²) in [6.45, 7) is -0.354. The second-order valence-corrected chi connectivity index (χ2v) is 9.51. The summed E-state index contributed by atoms with van der Waals surface area (Å²) >= 11 is 0. The number of hydrogen-bond donors (Lipinski definition) is 1. The van der Waals surface area contributed by atoms with E-state index in [1.165, 1.54) is 23.5 Å². The Morgan fingerprint density at radius 2 is 1.78 bits per heavy atom. The van der Waals surface area contributed by atoms with E-state index in [9.17, 15) is 22.0 Å². The van der Waals surface area contributed by atoms with Gasteiger partial charge in [0, 0.05) is 25.6 Å². The molecule has 1 amide bonds. The topological polar surface area (TPSA) is 84.9 Å². The Balaban J connectivity index is 1.54. The zero-order chi connectivity index (χ0) is 23.3. The summed E-state index contributed by atoms with van der Waals surface area (Å²) in [5.41, 5.74) is 1.64. The molecule has 1 N–H and O–H groups in total. The summed E-state index contributed by atoms with van der Waals surface area (Å²) in [7, 11) is -2.24. The third kappa shape index (κ3) is 5.74. The molecule has 2 aromatic rings. The fourth-order valence-electron chi connectivity index (χ4n) is 3.57. The summed E-state index contributed by atoms with van der Waals surface area (Å²) in [5.74, 6) is -0.418. The zero-order valence-corrected chi connectivity index (χ0v) is 18.7. The Kier molecular flexibility index (Phi) is 7.68. The smallest absolute Gasteiger partial charge is 0.387 e. The summed E-state index contributed by atoms with van der Waals surface area (Å²) in [6.07, 6.45) is 0.836. The van der Waals surface area contributed by atoms with Crippen molar-refractivity contribution >= 4 is 15.9 Å². The van der Waals surface area contributed by atoms with E-state index < -0.39 is 16.6 Å². The third-order valence-corrected chi connectivity index (χ3v) is 7.31. The van der Waals surface area contributed by atoms with Gasteiger partial charge >= 0.3 is 6.61 Å². The summed E-state index contributed by atoms with van der Waals surface area (Å²) in [6, 6.07) is 11.2. The summed E-state index contributed by atoms with van der Waals surface area (Å²) < 4.78 is 61.3. The average molecular weight is 469 g/mol. The number of rotatable bonds is 8. The van der Waals surface area contributed by atoms with Crippen molar-refractivity contribution < 1.29 is 31.5 Å². The van der Waals surface area contributed by atoms with Crippen LogP contribution in [0.5, 0.6) is 11.5 Å². The highest BCUT2D eigenvalue weighted by atomic mass is 32.2. The molecule has 1 fully saturated rings. The molecule has 32 heavy (non-hydrogen) atoms. The van der Waals surface area contributed by atoms with Crippen LogP contribution < -0.4 is 14.8 Å². The molecule has 1 saturated heterocycles. The number of carbonyl (C=O) groups is 1. The van der Waals surface area contributed by atoms with E-state index in [2.05, 4.69) is 10.1 Å². The molecule has 0 spiro atoms. The second kappa shape index (κ2) is 10.3. The lowest BCUT2D eigenvalue weighted by Crippen LogP contribution is -2.42. The van der Waals surface area contributed by atoms with Gasteiger partial charge in [0.25, 0.3) is 0 Å². The second-order valence-electron chi connectivity index (χ2n) is 7.57. The van der Waals surface area contributed by atoms with E-state index >= 15 is 0 Å². The lowest BCUT2D eigenvalue weighted by atomic mass is 9.97. The normalized spacial score (nSPS) is 15.5. The number of halogens is 2. The van der Waals surface area contributed by atoms with E-state index in [0.717, 1.165) is 5.56 Å². The zero-order valence-electron chi connectivity index (χ0n) is 17.9. The monoisotopic (exact) mass is 468 g/mol. The fraction of sp³-hybridized carbons (Fsp3) is 0.409. The van der Waals surface area contributed by atoms with Crippen molar-refractivity contribution in [2.75, 3.05) is 20.2 Å². The van der Waals surface area contributed by atoms with Crippen molar-refractivity contribution in [3.63, 3.8) is 0 Å². The van der Waals surface area contributed by atoms with E-state index in [0.29, 0.717) is 18.4 Å². The van der Waals surface area contributed by atoms with Gasteiger partial charge in [0.05, 0.1) is 12.0 Å². The largest absolute Gasteiger partial charge is 0.493 e. The van der Waals surface area contributed by atoms with Gasteiger partial charge in [0.1, 0.15) is 0 Å². The van der Waals surface area contributed by atoms with Crippen LogP contribution in [0.1, 0.15) is 24.0 Å². The fourth-order valence-corrected chi connectivity index (χ4v) is 5.04. The van der Waals surface area contributed by atoms with Crippen molar-refractivity contribution in [1.82, 2.24) is 9.62 Å². The first-order valence-corrected chi connectivity index (χ1v) is 11.6. The number of hydrogen-bond acceptors (Lipinski definition) is 5. The Morgan fingerprint density at radius 1 is 1.12 bits per heavy atom. The molecule has 1 heterocycles. The van der Waals surface area contributed by atoms with Crippen LogP contribution in [-0.4, -0.2) is 45.4 Å². The van der Waals surface area contributed by atoms with E-state index in [1.54, 1.807) is 30.3 Å². The van der Waals surface area contributed by atoms with Crippen molar-refractivity contribution in [3.8, 4) is 11.5 Å². The lowest BCUT2D eigenvalue weighted by molar-refractivity contribution is -0.126. The van der Waals surface area contributed by atoms with Crippen molar-refractivity contribution in [3.05, 3.63) is 53.6 Å². The number of amides is 1. The molecule has 0 bridgehead atoms. The number of aryl methyl sites for hydroxylation is 1. The number of methoxy groups -OCH3 is 1. The Morgan fingerprint density at radius 3 is 2.38 bits per heavy atom. The number of alkyl halides is 2. The quantitative estimate of drug-likeness (QED) is 0.643. The molecule has 3 rings (SSSR count). The minimum absolute atomic E-state index is 0.0836. The number of ether oxygens (including phenoxy) is 2. The first-order chi connectivity index (χ1) is 15.2. The molecule has 7 nitrogen and oxygen atoms in total. The van der Waals surface area contributed by atoms with Crippen LogP contribution in [0.25, 0.3) is 0 Å². The van der Waals surface area contributed by atoms with Gasteiger partial charge in [-0.3, -0.25) is 4.79 Å². The van der Waals surface area contributed by atoms with E-state index in [4.69, 9.17) is 4.74 Å². The van der Waals surface area contributed by atoms with Crippen LogP contribution in [-0.2, 0) is 21.4 Å². The van der Waals surface area contributed by atoms with Gasteiger partial charge < -0.3 is 14.8 Å². The first-order valence-electron chi connectivity index (χ1n) is 10.2. The molecule has 0 aliphatic carbocycles. The SMILES string of the molecule is COc1cc(CNC(=O)C2CCN(S(=O)(=O)c3ccc(C)cc3)CC2)ccc1OC(F)F. The van der Waals surface area contributed by atoms with Crippen LogP contribution in [0.2, 0.25) is 0 Å². The molecule has 0 radical (unpaired) electrons. The van der Waals surface area contributed by atoms with Gasteiger partial charge in [-0.2, -0.15) is 13.1 Å². The Bertz CT molecular complexity index is 1040. The summed E-state index contributed by atoms with van der Waals surface area (Å²) in [4.78, 5) is 12.8. The molecule has 0 aromatic heterocycles. The number of carbonyl (C=O) groups excluding carboxylic acids is 1. The van der Waals surface area contributed by atoms with Crippen LogP contribution >= 0.6 is 0 Å². The average Bonchev–Trinajstić information content (AvgIpc) is 2.78. The standard InChI is InChI=1S/C22H26F2N2O5S/c1-15-3-6-18(7-4-15)32(28,29)26-11-9-17(10-12-26)21(27)25-14-16-5-8-19(31-22(23)24)20(13-16)30-2/h3-8,13,17,22H,9-12,14H2,1-2H3,(H,25,27). The van der Waals surface area contributed by atoms with Crippen LogP contribution in [0.4, 0.5) is 8.78 Å². The molecule has 10 heteroatoms. The molecular formula is C22H26F2N2O5S. The molecule has 0 unspecified atom stereocenters. The Labute approximate surface area is 186 Å². The molecule has 1 aliphatic rings. The highest BCUT2D eigenvalue weighted by molar-refractivity contribution is 7.89. The van der Waals surface area contributed by atoms with Crippen molar-refractivity contribution in [1.29, 1.82) is 0 Å². The summed E-state index contributed by atoms with van der Waals surface area (Å²) in [5, 5.41) is 2.82. The van der Waals surface area contributed by atoms with Gasteiger partial charge in [0.2, 0.25) is 15.9 Å². The van der Waals surface area contributed by atoms with Gasteiger partial charge in [0.15, 0.2) is 11.5 Å². The maximum absolute atomic E-state index is 12.8. The van der Waals surface area contributed by atoms with Crippen LogP contribution in [0.15, 0.2) is 47.4 Å². The van der Waals surface area contributed by atoms with E-state index in [-0.39, 0.29) is 47.9 Å². The molecule has 1 aliphatic heterocycles. The Hall–Kier alpha value is -2.72. The number of nitrogens with zero attached hydrogens (tertiary/aromatic N) is 1. The molecule has 174 valence electrons. The number of sulfonamides is 1. The van der Waals surface area contributed by atoms with Crippen molar-refractivity contribution in [2.45, 2.75) is 37.8 Å². The highest BCUT2D eigenvalue weighted by Gasteiger charge is 2.32. The van der Waals surface area contributed by atoms with Gasteiger partial charge in [-0.25, -0.2) is 8.42 Å². The minimum atomic E-state index is -3.58. The van der Waals surface area contributed by atoms with Gasteiger partial charge in [-0.1, -0.05) is 23.8 Å². The number of nitrogens with one attached hydrogen (secondary N) is 1. The molecule has 0 atom stereocenters. The van der Waals surface area contributed by atoms with Crippen LogP contribution in [0, 0.1) is 12.8 Å². The minimum Gasteiger partial charge on any atom is -0.493 e. The first kappa shape index (κ1) is 23.9. The van der Waals surface area contributed by atoms with Crippen molar-refractivity contribution in [2.24, 2.45) is 5.92 Å². The molecule has 2 aromatic carbocycles. The third-order valence-electron chi connectivity index (χ3n) is 5.39. The van der Waals surface area contributed by atoms with Gasteiger partial charge in [-0.05, 0) is 49.6 Å². The molecular weight excluding hydrogens is 442 g/mol. The highest BCUT2D eigenvalue weighted by Crippen LogP contribution is 2.29. The van der Waals surface area contributed by atoms with Crippen LogP contribution in [0.3, 0.4) is 0 Å². The predicted octanol–water partition coefficient (Wildman–Crippen LogP) is 3.32. The van der Waals surface area contributed by atoms with Gasteiger partial charge in [-0.15, -0.1) is 0 Å². The number of benzene rings is 2. The van der Waals surface area contributed by atoms with E-state index in [1.807, 2.05) is 6.92 Å². The number of piperidine rings is 1.